The van der Waals surface area contributed by atoms with Gasteiger partial charge >= 0.3 is 5.69 Å². The smallest absolute Gasteiger partial charge is 0.315 e. The van der Waals surface area contributed by atoms with E-state index in [2.05, 4.69) is 6.07 Å². The molecule has 0 aliphatic heterocycles. The van der Waals surface area contributed by atoms with E-state index in [-0.39, 0.29) is 16.9 Å². The van der Waals surface area contributed by atoms with Gasteiger partial charge in [-0.3, -0.25) is 14.9 Å². The molecule has 0 fully saturated rings. The van der Waals surface area contributed by atoms with Gasteiger partial charge in [0.2, 0.25) is 0 Å². The Balaban J connectivity index is 2.02. The second kappa shape index (κ2) is 5.02. The maximum atomic E-state index is 13.2. The van der Waals surface area contributed by atoms with E-state index in [1.807, 2.05) is 13.8 Å². The molecular formula is C20H14N2O4. The number of fused-ring (bicyclic) bond motifs is 3. The van der Waals surface area contributed by atoms with Crippen LogP contribution in [0.2, 0.25) is 0 Å². The second-order valence-electron chi connectivity index (χ2n) is 7.08. The van der Waals surface area contributed by atoms with Gasteiger partial charge < -0.3 is 5.11 Å². The molecule has 0 bridgehead atoms. The van der Waals surface area contributed by atoms with Gasteiger partial charge in [-0.25, -0.2) is 0 Å². The minimum Gasteiger partial charge on any atom is -0.502 e. The van der Waals surface area contributed by atoms with Crippen molar-refractivity contribution in [3.05, 3.63) is 73.8 Å². The summed E-state index contributed by atoms with van der Waals surface area (Å²) < 4.78 is 0. The predicted octanol–water partition coefficient (Wildman–Crippen LogP) is 3.66. The van der Waals surface area contributed by atoms with Crippen molar-refractivity contribution in [2.75, 3.05) is 0 Å². The number of allylic oxidation sites excluding steroid dienone is 2. The number of hydrogen-bond donors (Lipinski definition) is 1. The van der Waals surface area contributed by atoms with Gasteiger partial charge in [0.25, 0.3) is 0 Å². The Hall–Kier alpha value is -3.46. The fourth-order valence-electron chi connectivity index (χ4n) is 4.16. The van der Waals surface area contributed by atoms with Gasteiger partial charge in [0.15, 0.2) is 11.5 Å². The topological polar surface area (TPSA) is 104 Å². The third-order valence-corrected chi connectivity index (χ3v) is 5.36. The highest BCUT2D eigenvalue weighted by Crippen LogP contribution is 2.53. The first kappa shape index (κ1) is 16.0. The van der Waals surface area contributed by atoms with E-state index in [9.17, 15) is 20.0 Å². The zero-order chi connectivity index (χ0) is 18.8. The summed E-state index contributed by atoms with van der Waals surface area (Å²) >= 11 is 0. The van der Waals surface area contributed by atoms with Crippen LogP contribution in [0.3, 0.4) is 0 Å². The average molecular weight is 346 g/mol. The van der Waals surface area contributed by atoms with Crippen molar-refractivity contribution in [1.82, 2.24) is 0 Å². The molecular weight excluding hydrogens is 332 g/mol. The highest BCUT2D eigenvalue weighted by Gasteiger charge is 2.47. The summed E-state index contributed by atoms with van der Waals surface area (Å²) in [6.45, 7) is 3.66. The molecule has 0 amide bonds. The number of carbonyl (C=O) groups excluding carboxylic acids is 1. The number of nitro benzene ring substituents is 1. The van der Waals surface area contributed by atoms with E-state index in [1.165, 1.54) is 12.1 Å². The van der Waals surface area contributed by atoms with Crippen LogP contribution in [0.4, 0.5) is 5.69 Å². The molecule has 26 heavy (non-hydrogen) atoms. The Labute approximate surface area is 149 Å². The van der Waals surface area contributed by atoms with Crippen molar-refractivity contribution in [2.24, 2.45) is 0 Å². The van der Waals surface area contributed by atoms with E-state index in [1.54, 1.807) is 18.2 Å². The van der Waals surface area contributed by atoms with Gasteiger partial charge in [-0.05, 0) is 47.4 Å². The number of benzene rings is 2. The lowest BCUT2D eigenvalue weighted by molar-refractivity contribution is -0.387. The molecule has 2 aliphatic carbocycles. The van der Waals surface area contributed by atoms with Gasteiger partial charge in [0.05, 0.1) is 22.1 Å². The normalized spacial score (nSPS) is 16.6. The summed E-state index contributed by atoms with van der Waals surface area (Å²) in [5, 5.41) is 30.7. The zero-order valence-corrected chi connectivity index (χ0v) is 14.2. The molecule has 1 N–H and O–H groups in total. The van der Waals surface area contributed by atoms with Gasteiger partial charge in [-0.1, -0.05) is 19.9 Å². The molecule has 0 saturated heterocycles. The maximum absolute atomic E-state index is 13.2. The highest BCUT2D eigenvalue weighted by molar-refractivity contribution is 6.33. The van der Waals surface area contributed by atoms with E-state index in [0.717, 1.165) is 16.7 Å². The van der Waals surface area contributed by atoms with Crippen LogP contribution in [0.25, 0.3) is 5.57 Å². The molecule has 0 radical (unpaired) electrons. The molecule has 0 saturated carbocycles. The molecule has 0 unspecified atom stereocenters. The predicted molar refractivity (Wildman–Crippen MR) is 93.9 cm³/mol. The molecule has 2 aromatic carbocycles. The highest BCUT2D eigenvalue weighted by atomic mass is 16.6. The van der Waals surface area contributed by atoms with E-state index in [0.29, 0.717) is 17.6 Å². The van der Waals surface area contributed by atoms with Crippen LogP contribution in [0, 0.1) is 21.4 Å². The second-order valence-corrected chi connectivity index (χ2v) is 7.08. The zero-order valence-electron chi connectivity index (χ0n) is 14.2. The minimum atomic E-state index is -0.800. The molecule has 6 nitrogen and oxygen atoms in total. The van der Waals surface area contributed by atoms with Crippen molar-refractivity contribution in [1.29, 1.82) is 5.26 Å². The van der Waals surface area contributed by atoms with Crippen molar-refractivity contribution < 1.29 is 14.8 Å². The summed E-state index contributed by atoms with van der Waals surface area (Å²) in [5.74, 6) is -0.721. The Morgan fingerprint density at radius 2 is 1.92 bits per heavy atom. The SMILES string of the molecule is CC1(C)C2=C(C(=O)c3ccc(O)c([N+](=O)[O-])c31)c1ccc(C#N)cc1C2. The molecule has 128 valence electrons. The van der Waals surface area contributed by atoms with Crippen LogP contribution < -0.4 is 0 Å². The Kier molecular flexibility index (Phi) is 3.10. The van der Waals surface area contributed by atoms with Gasteiger partial charge in [-0.2, -0.15) is 5.26 Å². The van der Waals surface area contributed by atoms with Crippen LogP contribution in [0.1, 0.15) is 46.5 Å². The summed E-state index contributed by atoms with van der Waals surface area (Å²) in [7, 11) is 0. The lowest BCUT2D eigenvalue weighted by Gasteiger charge is -2.33. The monoisotopic (exact) mass is 346 g/mol. The Morgan fingerprint density at radius 3 is 2.58 bits per heavy atom. The number of nitrogens with zero attached hydrogens (tertiary/aromatic N) is 2. The van der Waals surface area contributed by atoms with Crippen LogP contribution in [-0.2, 0) is 11.8 Å². The molecule has 2 aromatic rings. The number of phenols is 1. The van der Waals surface area contributed by atoms with Crippen molar-refractivity contribution in [3.63, 3.8) is 0 Å². The van der Waals surface area contributed by atoms with E-state index in [4.69, 9.17) is 5.26 Å². The molecule has 4 rings (SSSR count). The molecule has 0 atom stereocenters. The van der Waals surface area contributed by atoms with Gasteiger partial charge in [0, 0.05) is 16.6 Å². The molecule has 0 aromatic heterocycles. The standard InChI is InChI=1S/C20H14N2O4/c1-20(2)14-8-11-7-10(9-21)3-4-12(11)16(14)19(24)13-5-6-15(23)18(17(13)20)22(25)26/h3-7,23H,8H2,1-2H3. The average Bonchev–Trinajstić information content (AvgIpc) is 2.99. The van der Waals surface area contributed by atoms with E-state index < -0.39 is 21.8 Å². The molecule has 2 aliphatic rings. The fraction of sp³-hybridized carbons (Fsp3) is 0.200. The number of rotatable bonds is 1. The number of nitriles is 1. The van der Waals surface area contributed by atoms with Crippen molar-refractivity contribution >= 4 is 17.0 Å². The van der Waals surface area contributed by atoms with Gasteiger partial charge in [-0.15, -0.1) is 0 Å². The Bertz CT molecular complexity index is 1100. The summed E-state index contributed by atoms with van der Waals surface area (Å²) in [5.41, 5.74) is 2.78. The molecule has 0 heterocycles. The number of carbonyl (C=O) groups is 1. The first-order valence-corrected chi connectivity index (χ1v) is 8.10. The van der Waals surface area contributed by atoms with Crippen molar-refractivity contribution in [2.45, 2.75) is 25.7 Å². The number of ketones is 1. The van der Waals surface area contributed by atoms with Crippen LogP contribution in [0.5, 0.6) is 5.75 Å². The lowest BCUT2D eigenvalue weighted by atomic mass is 9.67. The lowest BCUT2D eigenvalue weighted by Crippen LogP contribution is -2.30. The largest absolute Gasteiger partial charge is 0.502 e. The third kappa shape index (κ3) is 1.88. The first-order chi connectivity index (χ1) is 12.3. The third-order valence-electron chi connectivity index (χ3n) is 5.36. The van der Waals surface area contributed by atoms with E-state index >= 15 is 0 Å². The minimum absolute atomic E-state index is 0.246. The number of nitro groups is 1. The fourth-order valence-corrected chi connectivity index (χ4v) is 4.16. The number of phenolic OH excluding ortho intramolecular Hbond substituents is 1. The summed E-state index contributed by atoms with van der Waals surface area (Å²) in [4.78, 5) is 24.1. The first-order valence-electron chi connectivity index (χ1n) is 8.10. The van der Waals surface area contributed by atoms with Crippen LogP contribution in [0.15, 0.2) is 35.9 Å². The maximum Gasteiger partial charge on any atom is 0.315 e. The summed E-state index contributed by atoms with van der Waals surface area (Å²) in [6.07, 6.45) is 0.450. The molecule has 0 spiro atoms. The molecule has 6 heteroatoms. The van der Waals surface area contributed by atoms with Crippen molar-refractivity contribution in [3.8, 4) is 11.8 Å². The quantitative estimate of drug-likeness (QED) is 0.627. The number of hydrogen-bond acceptors (Lipinski definition) is 5. The van der Waals surface area contributed by atoms with Crippen LogP contribution >= 0.6 is 0 Å². The Morgan fingerprint density at radius 1 is 1.23 bits per heavy atom. The number of aromatic hydroxyl groups is 1. The van der Waals surface area contributed by atoms with Crippen LogP contribution in [-0.4, -0.2) is 15.8 Å². The van der Waals surface area contributed by atoms with Gasteiger partial charge in [0.1, 0.15) is 0 Å². The number of Topliss-reactive ketones (excluding diaryl/α,β-unsaturated/α-hetero) is 1. The summed E-state index contributed by atoms with van der Waals surface area (Å²) in [6, 6.07) is 9.94.